The van der Waals surface area contributed by atoms with E-state index in [1.54, 1.807) is 25.1 Å². The Balaban J connectivity index is 2.33. The van der Waals surface area contributed by atoms with Crippen LogP contribution in [0.25, 0.3) is 0 Å². The van der Waals surface area contributed by atoms with Crippen molar-refractivity contribution in [2.24, 2.45) is 0 Å². The molecule has 0 bridgehead atoms. The zero-order chi connectivity index (χ0) is 15.4. The van der Waals surface area contributed by atoms with Crippen molar-refractivity contribution in [3.05, 3.63) is 53.0 Å². The van der Waals surface area contributed by atoms with Gasteiger partial charge in [-0.25, -0.2) is 14.2 Å². The van der Waals surface area contributed by atoms with Crippen LogP contribution >= 0.6 is 0 Å². The first-order valence-electron chi connectivity index (χ1n) is 6.77. The predicted octanol–water partition coefficient (Wildman–Crippen LogP) is 3.92. The maximum Gasteiger partial charge on any atom is 0.335 e. The SMILES string of the molecule is CCCc1cc(C(=O)O)cc(Nc2ccc(C)c(F)c2)n1. The Morgan fingerprint density at radius 1 is 1.33 bits per heavy atom. The summed E-state index contributed by atoms with van der Waals surface area (Å²) in [6.45, 7) is 3.68. The summed E-state index contributed by atoms with van der Waals surface area (Å²) in [4.78, 5) is 15.5. The van der Waals surface area contributed by atoms with Crippen LogP contribution in [-0.2, 0) is 6.42 Å². The van der Waals surface area contributed by atoms with E-state index in [0.29, 0.717) is 29.2 Å². The predicted molar refractivity (Wildman–Crippen MR) is 79.6 cm³/mol. The highest BCUT2D eigenvalue weighted by molar-refractivity contribution is 5.88. The summed E-state index contributed by atoms with van der Waals surface area (Å²) in [7, 11) is 0. The Morgan fingerprint density at radius 3 is 2.71 bits per heavy atom. The third-order valence-electron chi connectivity index (χ3n) is 3.08. The highest BCUT2D eigenvalue weighted by Crippen LogP contribution is 2.20. The number of carboxylic acid groups (broad SMARTS) is 1. The molecule has 5 heteroatoms. The van der Waals surface area contributed by atoms with E-state index in [1.807, 2.05) is 6.92 Å². The summed E-state index contributed by atoms with van der Waals surface area (Å²) in [5.74, 6) is -0.919. The summed E-state index contributed by atoms with van der Waals surface area (Å²) in [5.41, 5.74) is 1.96. The van der Waals surface area contributed by atoms with Gasteiger partial charge in [-0.1, -0.05) is 19.4 Å². The molecule has 0 fully saturated rings. The van der Waals surface area contributed by atoms with Crippen LogP contribution < -0.4 is 5.32 Å². The highest BCUT2D eigenvalue weighted by Gasteiger charge is 2.09. The molecular formula is C16H17FN2O2. The Morgan fingerprint density at radius 2 is 2.10 bits per heavy atom. The zero-order valence-corrected chi connectivity index (χ0v) is 12.0. The summed E-state index contributed by atoms with van der Waals surface area (Å²) in [6, 6.07) is 7.76. The molecule has 0 aliphatic rings. The van der Waals surface area contributed by atoms with Crippen LogP contribution in [0.4, 0.5) is 15.9 Å². The Hall–Kier alpha value is -2.43. The molecule has 110 valence electrons. The van der Waals surface area contributed by atoms with Gasteiger partial charge in [0.2, 0.25) is 0 Å². The molecule has 2 aromatic rings. The van der Waals surface area contributed by atoms with Crippen molar-refractivity contribution in [2.45, 2.75) is 26.7 Å². The maximum atomic E-state index is 13.5. The minimum absolute atomic E-state index is 0.170. The van der Waals surface area contributed by atoms with E-state index in [9.17, 15) is 9.18 Å². The number of aromatic carboxylic acids is 1. The van der Waals surface area contributed by atoms with Crippen molar-refractivity contribution in [3.8, 4) is 0 Å². The number of nitrogens with zero attached hydrogens (tertiary/aromatic N) is 1. The minimum atomic E-state index is -1.01. The lowest BCUT2D eigenvalue weighted by Gasteiger charge is -2.09. The Labute approximate surface area is 122 Å². The smallest absolute Gasteiger partial charge is 0.335 e. The van der Waals surface area contributed by atoms with E-state index >= 15 is 0 Å². The monoisotopic (exact) mass is 288 g/mol. The molecule has 1 aromatic carbocycles. The van der Waals surface area contributed by atoms with Crippen molar-refractivity contribution in [3.63, 3.8) is 0 Å². The molecule has 21 heavy (non-hydrogen) atoms. The molecule has 1 aromatic heterocycles. The third-order valence-corrected chi connectivity index (χ3v) is 3.08. The first kappa shape index (κ1) is 15.0. The second-order valence-electron chi connectivity index (χ2n) is 4.88. The summed E-state index contributed by atoms with van der Waals surface area (Å²) in [5, 5.41) is 12.1. The van der Waals surface area contributed by atoms with Gasteiger partial charge in [0.05, 0.1) is 5.56 Å². The van der Waals surface area contributed by atoms with Crippen molar-refractivity contribution in [1.82, 2.24) is 4.98 Å². The van der Waals surface area contributed by atoms with E-state index in [4.69, 9.17) is 5.11 Å². The van der Waals surface area contributed by atoms with Crippen LogP contribution in [0.5, 0.6) is 0 Å². The van der Waals surface area contributed by atoms with Gasteiger partial charge in [-0.2, -0.15) is 0 Å². The lowest BCUT2D eigenvalue weighted by atomic mass is 10.1. The second kappa shape index (κ2) is 6.35. The van der Waals surface area contributed by atoms with Crippen LogP contribution in [0.2, 0.25) is 0 Å². The number of halogens is 1. The van der Waals surface area contributed by atoms with E-state index in [1.165, 1.54) is 12.1 Å². The lowest BCUT2D eigenvalue weighted by Crippen LogP contribution is -2.04. The van der Waals surface area contributed by atoms with E-state index in [0.717, 1.165) is 6.42 Å². The van der Waals surface area contributed by atoms with Gasteiger partial charge < -0.3 is 10.4 Å². The molecule has 4 nitrogen and oxygen atoms in total. The number of aromatic nitrogens is 1. The topological polar surface area (TPSA) is 62.2 Å². The fourth-order valence-electron chi connectivity index (χ4n) is 1.98. The number of carbonyl (C=O) groups is 1. The number of aryl methyl sites for hydroxylation is 2. The number of hydrogen-bond donors (Lipinski definition) is 2. The lowest BCUT2D eigenvalue weighted by molar-refractivity contribution is 0.0696. The summed E-state index contributed by atoms with van der Waals surface area (Å²) >= 11 is 0. The van der Waals surface area contributed by atoms with Gasteiger partial charge in [-0.15, -0.1) is 0 Å². The van der Waals surface area contributed by atoms with Crippen LogP contribution in [0.1, 0.15) is 35.0 Å². The molecule has 0 amide bonds. The van der Waals surface area contributed by atoms with Crippen molar-refractivity contribution in [1.29, 1.82) is 0 Å². The molecule has 2 N–H and O–H groups in total. The number of carboxylic acids is 1. The Kier molecular flexibility index (Phi) is 4.52. The number of pyridine rings is 1. The van der Waals surface area contributed by atoms with E-state index < -0.39 is 5.97 Å². The minimum Gasteiger partial charge on any atom is -0.478 e. The van der Waals surface area contributed by atoms with Gasteiger partial charge in [0.1, 0.15) is 11.6 Å². The molecule has 0 unspecified atom stereocenters. The van der Waals surface area contributed by atoms with Gasteiger partial charge >= 0.3 is 5.97 Å². The molecular weight excluding hydrogens is 271 g/mol. The average Bonchev–Trinajstić information content (AvgIpc) is 2.43. The maximum absolute atomic E-state index is 13.5. The third kappa shape index (κ3) is 3.78. The first-order valence-corrected chi connectivity index (χ1v) is 6.77. The molecule has 0 aliphatic heterocycles. The molecule has 0 aliphatic carbocycles. The van der Waals surface area contributed by atoms with Crippen LogP contribution in [0.3, 0.4) is 0 Å². The van der Waals surface area contributed by atoms with Crippen LogP contribution in [-0.4, -0.2) is 16.1 Å². The number of hydrogen-bond acceptors (Lipinski definition) is 3. The van der Waals surface area contributed by atoms with Gasteiger partial charge in [-0.3, -0.25) is 0 Å². The largest absolute Gasteiger partial charge is 0.478 e. The normalized spacial score (nSPS) is 10.4. The Bertz CT molecular complexity index is 671. The molecule has 0 saturated heterocycles. The summed E-state index contributed by atoms with van der Waals surface area (Å²) in [6.07, 6.45) is 1.56. The second-order valence-corrected chi connectivity index (χ2v) is 4.88. The number of anilines is 2. The van der Waals surface area contributed by atoms with Gasteiger partial charge in [0, 0.05) is 11.4 Å². The van der Waals surface area contributed by atoms with Crippen LogP contribution in [0.15, 0.2) is 30.3 Å². The fraction of sp³-hybridized carbons (Fsp3) is 0.250. The van der Waals surface area contributed by atoms with Crippen molar-refractivity contribution in [2.75, 3.05) is 5.32 Å². The molecule has 0 atom stereocenters. The molecule has 2 rings (SSSR count). The van der Waals surface area contributed by atoms with Crippen molar-refractivity contribution >= 4 is 17.5 Å². The van der Waals surface area contributed by atoms with Gasteiger partial charge in [0.15, 0.2) is 0 Å². The van der Waals surface area contributed by atoms with E-state index in [-0.39, 0.29) is 11.4 Å². The van der Waals surface area contributed by atoms with Gasteiger partial charge in [-0.05, 0) is 43.2 Å². The molecule has 0 spiro atoms. The standard InChI is InChI=1S/C16H17FN2O2/c1-3-4-12-7-11(16(20)21)8-15(18-12)19-13-6-5-10(2)14(17)9-13/h5-9H,3-4H2,1-2H3,(H,18,19)(H,20,21). The van der Waals surface area contributed by atoms with E-state index in [2.05, 4.69) is 10.3 Å². The molecule has 0 radical (unpaired) electrons. The summed E-state index contributed by atoms with van der Waals surface area (Å²) < 4.78 is 13.5. The van der Waals surface area contributed by atoms with Crippen molar-refractivity contribution < 1.29 is 14.3 Å². The van der Waals surface area contributed by atoms with Gasteiger partial charge in [0.25, 0.3) is 0 Å². The first-order chi connectivity index (χ1) is 9.99. The highest BCUT2D eigenvalue weighted by atomic mass is 19.1. The number of benzene rings is 1. The molecule has 1 heterocycles. The quantitative estimate of drug-likeness (QED) is 0.875. The number of nitrogens with one attached hydrogen (secondary N) is 1. The van der Waals surface area contributed by atoms with Crippen LogP contribution in [0, 0.1) is 12.7 Å². The fourth-order valence-corrected chi connectivity index (χ4v) is 1.98. The number of rotatable bonds is 5. The molecule has 0 saturated carbocycles. The average molecular weight is 288 g/mol. The zero-order valence-electron chi connectivity index (χ0n) is 12.0.